The Balaban J connectivity index is 2.58. The van der Waals surface area contributed by atoms with Gasteiger partial charge in [0.25, 0.3) is 0 Å². The second kappa shape index (κ2) is 8.59. The van der Waals surface area contributed by atoms with Crippen molar-refractivity contribution in [1.82, 2.24) is 5.32 Å². The van der Waals surface area contributed by atoms with Gasteiger partial charge < -0.3 is 14.8 Å². The molecule has 0 aliphatic heterocycles. The van der Waals surface area contributed by atoms with Gasteiger partial charge in [-0.2, -0.15) is 0 Å². The number of halogens is 2. The van der Waals surface area contributed by atoms with Crippen LogP contribution in [0, 0.1) is 0 Å². The Labute approximate surface area is 118 Å². The van der Waals surface area contributed by atoms with E-state index < -0.39 is 0 Å². The van der Waals surface area contributed by atoms with Crippen molar-refractivity contribution in [3.8, 4) is 5.75 Å². The highest BCUT2D eigenvalue weighted by Gasteiger charge is 2.12. The summed E-state index contributed by atoms with van der Waals surface area (Å²) < 4.78 is 10.9. The van der Waals surface area contributed by atoms with E-state index in [2.05, 4.69) is 12.2 Å². The van der Waals surface area contributed by atoms with Gasteiger partial charge in [-0.3, -0.25) is 0 Å². The number of hydrogen-bond acceptors (Lipinski definition) is 3. The molecule has 0 aliphatic rings. The van der Waals surface area contributed by atoms with Crippen LogP contribution in [0.15, 0.2) is 18.2 Å². The molecule has 1 atom stereocenters. The summed E-state index contributed by atoms with van der Waals surface area (Å²) in [5.41, 5.74) is 0. The minimum atomic E-state index is -0.0692. The molecule has 102 valence electrons. The summed E-state index contributed by atoms with van der Waals surface area (Å²) in [6, 6.07) is 5.20. The lowest BCUT2D eigenvalue weighted by molar-refractivity contribution is 0.0808. The molecule has 0 amide bonds. The fourth-order valence-electron chi connectivity index (χ4n) is 1.51. The van der Waals surface area contributed by atoms with Crippen LogP contribution in [0.3, 0.4) is 0 Å². The minimum Gasteiger partial charge on any atom is -0.485 e. The van der Waals surface area contributed by atoms with Crippen LogP contribution in [0.25, 0.3) is 0 Å². The summed E-state index contributed by atoms with van der Waals surface area (Å²) in [4.78, 5) is 0. The van der Waals surface area contributed by atoms with Crippen LogP contribution in [-0.2, 0) is 4.74 Å². The highest BCUT2D eigenvalue weighted by Crippen LogP contribution is 2.28. The maximum Gasteiger partial charge on any atom is 0.138 e. The first-order chi connectivity index (χ1) is 8.67. The first-order valence-electron chi connectivity index (χ1n) is 5.98. The zero-order valence-corrected chi connectivity index (χ0v) is 12.2. The summed E-state index contributed by atoms with van der Waals surface area (Å²) in [6.07, 6.45) is 1.02. The summed E-state index contributed by atoms with van der Waals surface area (Å²) in [5, 5.41) is 4.41. The van der Waals surface area contributed by atoms with E-state index >= 15 is 0 Å². The van der Waals surface area contributed by atoms with Crippen LogP contribution in [0.4, 0.5) is 0 Å². The van der Waals surface area contributed by atoms with Gasteiger partial charge in [-0.25, -0.2) is 0 Å². The molecular weight excluding hydrogens is 273 g/mol. The Bertz CT molecular complexity index is 361. The van der Waals surface area contributed by atoms with Crippen molar-refractivity contribution in [3.63, 3.8) is 0 Å². The number of methoxy groups -OCH3 is 1. The van der Waals surface area contributed by atoms with Crippen molar-refractivity contribution >= 4 is 23.2 Å². The van der Waals surface area contributed by atoms with E-state index in [1.165, 1.54) is 0 Å². The minimum absolute atomic E-state index is 0.0692. The van der Waals surface area contributed by atoms with Crippen LogP contribution in [-0.4, -0.2) is 32.9 Å². The normalized spacial score (nSPS) is 12.4. The quantitative estimate of drug-likeness (QED) is 0.745. The van der Waals surface area contributed by atoms with Crippen molar-refractivity contribution < 1.29 is 9.47 Å². The van der Waals surface area contributed by atoms with Gasteiger partial charge in [0.1, 0.15) is 11.9 Å². The Morgan fingerprint density at radius 2 is 2.11 bits per heavy atom. The lowest BCUT2D eigenvalue weighted by Gasteiger charge is -2.19. The maximum absolute atomic E-state index is 6.06. The molecule has 0 saturated carbocycles. The van der Waals surface area contributed by atoms with Crippen LogP contribution in [0.1, 0.15) is 13.3 Å². The van der Waals surface area contributed by atoms with Crippen LogP contribution >= 0.6 is 23.2 Å². The predicted octanol–water partition coefficient (Wildman–Crippen LogP) is 3.39. The van der Waals surface area contributed by atoms with Gasteiger partial charge in [-0.05, 0) is 31.2 Å². The molecule has 5 heteroatoms. The molecular formula is C13H19Cl2NO2. The molecule has 1 unspecified atom stereocenters. The highest BCUT2D eigenvalue weighted by atomic mass is 35.5. The number of rotatable bonds is 8. The summed E-state index contributed by atoms with van der Waals surface area (Å²) >= 11 is 11.9. The van der Waals surface area contributed by atoms with Gasteiger partial charge in [-0.1, -0.05) is 30.1 Å². The topological polar surface area (TPSA) is 30.5 Å². The molecule has 0 saturated heterocycles. The van der Waals surface area contributed by atoms with Crippen LogP contribution < -0.4 is 10.1 Å². The Morgan fingerprint density at radius 1 is 1.33 bits per heavy atom. The molecule has 18 heavy (non-hydrogen) atoms. The second-order valence-corrected chi connectivity index (χ2v) is 4.82. The van der Waals surface area contributed by atoms with Crippen molar-refractivity contribution in [2.75, 3.05) is 26.8 Å². The van der Waals surface area contributed by atoms with Gasteiger partial charge in [0.15, 0.2) is 0 Å². The van der Waals surface area contributed by atoms with Crippen molar-refractivity contribution in [1.29, 1.82) is 0 Å². The van der Waals surface area contributed by atoms with Crippen molar-refractivity contribution in [2.45, 2.75) is 19.4 Å². The van der Waals surface area contributed by atoms with Gasteiger partial charge in [-0.15, -0.1) is 0 Å². The molecule has 3 nitrogen and oxygen atoms in total. The smallest absolute Gasteiger partial charge is 0.138 e. The largest absolute Gasteiger partial charge is 0.485 e. The Morgan fingerprint density at radius 3 is 2.72 bits per heavy atom. The monoisotopic (exact) mass is 291 g/mol. The standard InChI is InChI=1S/C13H19Cl2NO2/c1-3-6-16-8-11(9-17-2)18-13-5-4-10(14)7-12(13)15/h4-5,7,11,16H,3,6,8-9H2,1-2H3. The summed E-state index contributed by atoms with van der Waals surface area (Å²) in [7, 11) is 1.65. The van der Waals surface area contributed by atoms with Crippen LogP contribution in [0.5, 0.6) is 5.75 Å². The number of nitrogens with one attached hydrogen (secondary N) is 1. The van der Waals surface area contributed by atoms with E-state index in [-0.39, 0.29) is 6.10 Å². The van der Waals surface area contributed by atoms with Gasteiger partial charge in [0, 0.05) is 18.7 Å². The lowest BCUT2D eigenvalue weighted by Crippen LogP contribution is -2.35. The van der Waals surface area contributed by atoms with Crippen molar-refractivity contribution in [3.05, 3.63) is 28.2 Å². The summed E-state index contributed by atoms with van der Waals surface area (Å²) in [5.74, 6) is 0.626. The maximum atomic E-state index is 6.06. The number of ether oxygens (including phenoxy) is 2. The number of benzene rings is 1. The second-order valence-electron chi connectivity index (χ2n) is 3.97. The third-order valence-electron chi connectivity index (χ3n) is 2.34. The zero-order chi connectivity index (χ0) is 13.4. The molecule has 1 aromatic carbocycles. The van der Waals surface area contributed by atoms with E-state index in [0.717, 1.165) is 19.5 Å². The lowest BCUT2D eigenvalue weighted by atomic mass is 10.3. The van der Waals surface area contributed by atoms with E-state index in [4.69, 9.17) is 32.7 Å². The van der Waals surface area contributed by atoms with Gasteiger partial charge >= 0.3 is 0 Å². The highest BCUT2D eigenvalue weighted by molar-refractivity contribution is 6.35. The fourth-order valence-corrected chi connectivity index (χ4v) is 1.96. The molecule has 0 radical (unpaired) electrons. The summed E-state index contributed by atoms with van der Waals surface area (Å²) in [6.45, 7) is 4.31. The van der Waals surface area contributed by atoms with E-state index in [0.29, 0.717) is 22.4 Å². The third kappa shape index (κ3) is 5.44. The van der Waals surface area contributed by atoms with Crippen molar-refractivity contribution in [2.24, 2.45) is 0 Å². The molecule has 1 rings (SSSR count). The number of hydrogen-bond donors (Lipinski definition) is 1. The molecule has 0 aliphatic carbocycles. The van der Waals surface area contributed by atoms with Gasteiger partial charge in [0.05, 0.1) is 11.6 Å². The first kappa shape index (κ1) is 15.6. The third-order valence-corrected chi connectivity index (χ3v) is 2.87. The molecule has 0 heterocycles. The average molecular weight is 292 g/mol. The van der Waals surface area contributed by atoms with E-state index in [9.17, 15) is 0 Å². The Kier molecular flexibility index (Phi) is 7.44. The predicted molar refractivity (Wildman–Crippen MR) is 75.9 cm³/mol. The van der Waals surface area contributed by atoms with Gasteiger partial charge in [0.2, 0.25) is 0 Å². The molecule has 0 spiro atoms. The average Bonchev–Trinajstić information content (AvgIpc) is 2.33. The SMILES string of the molecule is CCCNCC(COC)Oc1ccc(Cl)cc1Cl. The molecule has 0 aromatic heterocycles. The Hall–Kier alpha value is -0.480. The fraction of sp³-hybridized carbons (Fsp3) is 0.538. The molecule has 0 bridgehead atoms. The molecule has 1 N–H and O–H groups in total. The van der Waals surface area contributed by atoms with E-state index in [1.54, 1.807) is 25.3 Å². The molecule has 0 fully saturated rings. The zero-order valence-electron chi connectivity index (χ0n) is 10.7. The molecule has 1 aromatic rings. The first-order valence-corrected chi connectivity index (χ1v) is 6.74. The van der Waals surface area contributed by atoms with Crippen LogP contribution in [0.2, 0.25) is 10.0 Å². The van der Waals surface area contributed by atoms with E-state index in [1.807, 2.05) is 0 Å².